The minimum absolute atomic E-state index is 0.215. The molecule has 44 heavy (non-hydrogen) atoms. The van der Waals surface area contributed by atoms with Crippen molar-refractivity contribution in [1.29, 1.82) is 5.26 Å². The number of ether oxygens (including phenoxy) is 1. The number of benzene rings is 3. The van der Waals surface area contributed by atoms with Gasteiger partial charge in [0.25, 0.3) is 17.4 Å². The summed E-state index contributed by atoms with van der Waals surface area (Å²) in [6.45, 7) is 5.80. The molecule has 10 heteroatoms. The van der Waals surface area contributed by atoms with Crippen LogP contribution in [0.1, 0.15) is 38.9 Å². The predicted molar refractivity (Wildman–Crippen MR) is 171 cm³/mol. The number of nitrogens with zero attached hydrogens (tertiary/aromatic N) is 4. The summed E-state index contributed by atoms with van der Waals surface area (Å²) in [5.41, 5.74) is 3.01. The first-order valence-electron chi connectivity index (χ1n) is 14.0. The molecule has 2 amide bonds. The number of carbonyl (C=O) groups is 2. The van der Waals surface area contributed by atoms with Crippen LogP contribution in [0.25, 0.3) is 16.6 Å². The van der Waals surface area contributed by atoms with Crippen molar-refractivity contribution in [2.24, 2.45) is 7.05 Å². The van der Waals surface area contributed by atoms with Crippen LogP contribution in [0, 0.1) is 25.2 Å². The molecule has 0 saturated heterocycles. The number of aryl methyl sites for hydroxylation is 3. The number of pyridine rings is 1. The Morgan fingerprint density at radius 3 is 2.43 bits per heavy atom. The van der Waals surface area contributed by atoms with Gasteiger partial charge in [-0.05, 0) is 80.4 Å². The summed E-state index contributed by atoms with van der Waals surface area (Å²) < 4.78 is 9.56. The van der Waals surface area contributed by atoms with Crippen LogP contribution in [0.4, 0.5) is 5.69 Å². The lowest BCUT2D eigenvalue weighted by Gasteiger charge is -2.22. The number of fused-ring (bicyclic) bond motifs is 1. The number of halogens is 1. The SMILES string of the molecule is CCNC(=O)c1cc2ccn(C)c(=O)c2n1-c1ccc(C(=O)N(CC#N)c2cccc(Cl)c2)cc1Oc1c(C)cccc1C. The lowest BCUT2D eigenvalue weighted by Crippen LogP contribution is -2.31. The minimum Gasteiger partial charge on any atom is -0.455 e. The Morgan fingerprint density at radius 2 is 1.75 bits per heavy atom. The van der Waals surface area contributed by atoms with Gasteiger partial charge < -0.3 is 14.6 Å². The third-order valence-corrected chi connectivity index (χ3v) is 7.50. The van der Waals surface area contributed by atoms with Gasteiger partial charge in [-0.25, -0.2) is 0 Å². The summed E-state index contributed by atoms with van der Waals surface area (Å²) in [4.78, 5) is 42.0. The molecular formula is C34H30ClN5O4. The lowest BCUT2D eigenvalue weighted by atomic mass is 10.1. The highest BCUT2D eigenvalue weighted by molar-refractivity contribution is 6.31. The van der Waals surface area contributed by atoms with Gasteiger partial charge in [-0.1, -0.05) is 35.9 Å². The minimum atomic E-state index is -0.455. The number of carbonyl (C=O) groups excluding carboxylic acids is 2. The summed E-state index contributed by atoms with van der Waals surface area (Å²) in [5.74, 6) is -0.00905. The zero-order valence-corrected chi connectivity index (χ0v) is 25.5. The van der Waals surface area contributed by atoms with E-state index in [4.69, 9.17) is 16.3 Å². The summed E-state index contributed by atoms with van der Waals surface area (Å²) in [5, 5.41) is 13.4. The molecule has 5 aromatic rings. The van der Waals surface area contributed by atoms with Crippen LogP contribution in [0.5, 0.6) is 11.5 Å². The van der Waals surface area contributed by atoms with Crippen molar-refractivity contribution in [3.8, 4) is 23.3 Å². The summed E-state index contributed by atoms with van der Waals surface area (Å²) in [7, 11) is 1.64. The van der Waals surface area contributed by atoms with E-state index >= 15 is 0 Å². The molecule has 0 radical (unpaired) electrons. The molecule has 0 spiro atoms. The molecule has 5 rings (SSSR count). The monoisotopic (exact) mass is 607 g/mol. The predicted octanol–water partition coefficient (Wildman–Crippen LogP) is 6.31. The highest BCUT2D eigenvalue weighted by Crippen LogP contribution is 2.36. The van der Waals surface area contributed by atoms with Crippen molar-refractivity contribution in [3.63, 3.8) is 0 Å². The van der Waals surface area contributed by atoms with E-state index in [0.29, 0.717) is 34.1 Å². The van der Waals surface area contributed by atoms with Gasteiger partial charge >= 0.3 is 0 Å². The van der Waals surface area contributed by atoms with E-state index in [1.54, 1.807) is 72.4 Å². The highest BCUT2D eigenvalue weighted by atomic mass is 35.5. The lowest BCUT2D eigenvalue weighted by molar-refractivity contribution is 0.0947. The van der Waals surface area contributed by atoms with E-state index in [2.05, 4.69) is 5.32 Å². The molecule has 2 aromatic heterocycles. The van der Waals surface area contributed by atoms with Crippen LogP contribution in [-0.4, -0.2) is 34.0 Å². The van der Waals surface area contributed by atoms with E-state index < -0.39 is 5.91 Å². The summed E-state index contributed by atoms with van der Waals surface area (Å²) >= 11 is 6.19. The van der Waals surface area contributed by atoms with Crippen molar-refractivity contribution in [2.45, 2.75) is 20.8 Å². The highest BCUT2D eigenvalue weighted by Gasteiger charge is 2.25. The Labute approximate surface area is 259 Å². The maximum Gasteiger partial charge on any atom is 0.275 e. The van der Waals surface area contributed by atoms with Crippen LogP contribution < -0.4 is 20.5 Å². The van der Waals surface area contributed by atoms with Gasteiger partial charge in [0, 0.05) is 41.4 Å². The Bertz CT molecular complexity index is 2000. The number of nitriles is 1. The molecule has 0 aliphatic heterocycles. The molecule has 2 heterocycles. The Hall–Kier alpha value is -5.33. The van der Waals surface area contributed by atoms with Crippen LogP contribution in [0.2, 0.25) is 5.02 Å². The molecule has 0 aliphatic carbocycles. The zero-order valence-electron chi connectivity index (χ0n) is 24.7. The van der Waals surface area contributed by atoms with Crippen molar-refractivity contribution in [1.82, 2.24) is 14.5 Å². The first-order chi connectivity index (χ1) is 21.1. The first-order valence-corrected chi connectivity index (χ1v) is 14.3. The van der Waals surface area contributed by atoms with Crippen molar-refractivity contribution >= 4 is 40.0 Å². The van der Waals surface area contributed by atoms with Gasteiger partial charge in [0.05, 0.1) is 11.8 Å². The van der Waals surface area contributed by atoms with Gasteiger partial charge in [0.1, 0.15) is 23.5 Å². The maximum absolute atomic E-state index is 13.9. The molecule has 0 saturated carbocycles. The van der Waals surface area contributed by atoms with Gasteiger partial charge in [-0.15, -0.1) is 0 Å². The molecule has 3 aromatic carbocycles. The largest absolute Gasteiger partial charge is 0.455 e. The van der Waals surface area contributed by atoms with Gasteiger partial charge in [-0.3, -0.25) is 23.9 Å². The average Bonchev–Trinajstić information content (AvgIpc) is 3.40. The van der Waals surface area contributed by atoms with Crippen molar-refractivity contribution < 1.29 is 14.3 Å². The van der Waals surface area contributed by atoms with E-state index in [0.717, 1.165) is 11.1 Å². The van der Waals surface area contributed by atoms with E-state index in [1.165, 1.54) is 9.47 Å². The fraction of sp³-hybridized carbons (Fsp3) is 0.176. The summed E-state index contributed by atoms with van der Waals surface area (Å²) in [6, 6.07) is 22.7. The Balaban J connectivity index is 1.77. The fourth-order valence-corrected chi connectivity index (χ4v) is 5.29. The van der Waals surface area contributed by atoms with Gasteiger partial charge in [0.2, 0.25) is 0 Å². The molecule has 0 fully saturated rings. The number of hydrogen-bond acceptors (Lipinski definition) is 5. The smallest absolute Gasteiger partial charge is 0.275 e. The number of aromatic nitrogens is 2. The number of anilines is 1. The molecule has 0 bridgehead atoms. The maximum atomic E-state index is 13.9. The Morgan fingerprint density at radius 1 is 1.02 bits per heavy atom. The molecule has 9 nitrogen and oxygen atoms in total. The quantitative estimate of drug-likeness (QED) is 0.208. The summed E-state index contributed by atoms with van der Waals surface area (Å²) in [6.07, 6.45) is 1.64. The average molecular weight is 608 g/mol. The normalized spacial score (nSPS) is 10.8. The van der Waals surface area contributed by atoms with Crippen molar-refractivity contribution in [2.75, 3.05) is 18.0 Å². The first kappa shape index (κ1) is 30.1. The molecule has 0 atom stereocenters. The topological polar surface area (TPSA) is 109 Å². The number of rotatable bonds is 8. The molecule has 0 unspecified atom stereocenters. The third-order valence-electron chi connectivity index (χ3n) is 7.26. The second kappa shape index (κ2) is 12.5. The van der Waals surface area contributed by atoms with E-state index in [9.17, 15) is 19.6 Å². The third kappa shape index (κ3) is 5.68. The van der Waals surface area contributed by atoms with Crippen LogP contribution in [-0.2, 0) is 7.05 Å². The molecular weight excluding hydrogens is 578 g/mol. The zero-order chi connectivity index (χ0) is 31.5. The van der Waals surface area contributed by atoms with E-state index in [-0.39, 0.29) is 40.5 Å². The number of hydrogen-bond donors (Lipinski definition) is 1. The number of nitrogens with one attached hydrogen (secondary N) is 1. The van der Waals surface area contributed by atoms with Crippen LogP contribution in [0.15, 0.2) is 83.8 Å². The van der Waals surface area contributed by atoms with Crippen LogP contribution >= 0.6 is 11.6 Å². The Kier molecular flexibility index (Phi) is 8.56. The van der Waals surface area contributed by atoms with Gasteiger partial charge in [-0.2, -0.15) is 5.26 Å². The standard InChI is InChI=1S/C34H30ClN5O4/c1-5-37-32(41)28-18-23-14-16-38(4)34(43)30(23)40(28)27-13-12-24(19-29(27)44-31-21(2)8-6-9-22(31)3)33(42)39(17-15-36)26-11-7-10-25(35)20-26/h6-14,16,18-20H,5,17H2,1-4H3,(H,37,41). The molecule has 222 valence electrons. The number of amides is 2. The second-order valence-electron chi connectivity index (χ2n) is 10.3. The molecule has 0 aliphatic rings. The fourth-order valence-electron chi connectivity index (χ4n) is 5.11. The van der Waals surface area contributed by atoms with E-state index in [1.807, 2.05) is 45.0 Å². The molecule has 1 N–H and O–H groups in total. The van der Waals surface area contributed by atoms with Crippen LogP contribution in [0.3, 0.4) is 0 Å². The van der Waals surface area contributed by atoms with Gasteiger partial charge in [0.15, 0.2) is 5.75 Å². The van der Waals surface area contributed by atoms with Crippen molar-refractivity contribution in [3.05, 3.63) is 117 Å². The number of para-hydroxylation sites is 1. The second-order valence-corrected chi connectivity index (χ2v) is 10.7.